The van der Waals surface area contributed by atoms with Crippen LogP contribution in [0.15, 0.2) is 24.3 Å². The Balaban J connectivity index is 1.96. The van der Waals surface area contributed by atoms with Crippen LogP contribution in [0.1, 0.15) is 33.6 Å². The predicted molar refractivity (Wildman–Crippen MR) is 73.2 cm³/mol. The quantitative estimate of drug-likeness (QED) is 0.740. The number of hydrogen-bond donors (Lipinski definition) is 3. The van der Waals surface area contributed by atoms with Gasteiger partial charge in [0.15, 0.2) is 0 Å². The normalized spacial score (nSPS) is 18.1. The van der Waals surface area contributed by atoms with Crippen molar-refractivity contribution < 1.29 is 9.59 Å². The number of carbonyl (C=O) groups is 2. The van der Waals surface area contributed by atoms with Crippen LogP contribution in [0.25, 0.3) is 0 Å². The Kier molecular flexibility index (Phi) is 4.52. The molecule has 1 saturated heterocycles. The Hall–Kier alpha value is -1.88. The summed E-state index contributed by atoms with van der Waals surface area (Å²) in [6.07, 6.45) is 2.26. The van der Waals surface area contributed by atoms with Gasteiger partial charge in [-0.25, -0.2) is 0 Å². The van der Waals surface area contributed by atoms with Gasteiger partial charge in [-0.2, -0.15) is 0 Å². The van der Waals surface area contributed by atoms with Crippen LogP contribution in [-0.2, 0) is 0 Å². The van der Waals surface area contributed by atoms with Crippen molar-refractivity contribution in [2.24, 2.45) is 0 Å². The standard InChI is InChI=1S/C14H19N3O2/c1-15-13(18)10-4-2-5-11(8-10)14(19)17-9-12-6-3-7-16-12/h2,4-5,8,12,16H,3,6-7,9H2,1H3,(H,15,18)(H,17,19). The van der Waals surface area contributed by atoms with Crippen molar-refractivity contribution >= 4 is 11.8 Å². The first-order valence-corrected chi connectivity index (χ1v) is 6.54. The van der Waals surface area contributed by atoms with Gasteiger partial charge in [0.2, 0.25) is 0 Å². The molecule has 1 aliphatic heterocycles. The van der Waals surface area contributed by atoms with E-state index in [1.807, 2.05) is 0 Å². The van der Waals surface area contributed by atoms with Gasteiger partial charge in [-0.15, -0.1) is 0 Å². The summed E-state index contributed by atoms with van der Waals surface area (Å²) < 4.78 is 0. The number of nitrogens with one attached hydrogen (secondary N) is 3. The Morgan fingerprint density at radius 3 is 2.68 bits per heavy atom. The highest BCUT2D eigenvalue weighted by atomic mass is 16.2. The highest BCUT2D eigenvalue weighted by molar-refractivity contribution is 5.99. The summed E-state index contributed by atoms with van der Waals surface area (Å²) in [6, 6.07) is 7.09. The molecule has 5 heteroatoms. The van der Waals surface area contributed by atoms with E-state index in [1.54, 1.807) is 31.3 Å². The summed E-state index contributed by atoms with van der Waals surface area (Å²) in [5.41, 5.74) is 1.01. The Morgan fingerprint density at radius 2 is 2.05 bits per heavy atom. The number of carbonyl (C=O) groups excluding carboxylic acids is 2. The first kappa shape index (κ1) is 13.5. The molecule has 1 fully saturated rings. The highest BCUT2D eigenvalue weighted by Gasteiger charge is 2.15. The fourth-order valence-corrected chi connectivity index (χ4v) is 2.19. The summed E-state index contributed by atoms with van der Waals surface area (Å²) >= 11 is 0. The van der Waals surface area contributed by atoms with Crippen molar-refractivity contribution in [3.8, 4) is 0 Å². The largest absolute Gasteiger partial charge is 0.355 e. The lowest BCUT2D eigenvalue weighted by atomic mass is 10.1. The maximum absolute atomic E-state index is 12.0. The molecule has 0 aromatic heterocycles. The zero-order chi connectivity index (χ0) is 13.7. The summed E-state index contributed by atoms with van der Waals surface area (Å²) in [6.45, 7) is 1.65. The van der Waals surface area contributed by atoms with E-state index in [9.17, 15) is 9.59 Å². The summed E-state index contributed by atoms with van der Waals surface area (Å²) in [4.78, 5) is 23.5. The second-order valence-corrected chi connectivity index (χ2v) is 4.66. The van der Waals surface area contributed by atoms with Crippen LogP contribution in [-0.4, -0.2) is 38.0 Å². The Labute approximate surface area is 112 Å². The van der Waals surface area contributed by atoms with Crippen LogP contribution >= 0.6 is 0 Å². The minimum atomic E-state index is -0.188. The molecule has 0 bridgehead atoms. The maximum atomic E-state index is 12.0. The van der Waals surface area contributed by atoms with Crippen LogP contribution in [0.4, 0.5) is 0 Å². The van der Waals surface area contributed by atoms with Gasteiger partial charge in [-0.05, 0) is 37.6 Å². The molecule has 1 atom stereocenters. The first-order chi connectivity index (χ1) is 9.20. The first-order valence-electron chi connectivity index (χ1n) is 6.54. The zero-order valence-electron chi connectivity index (χ0n) is 11.0. The molecule has 3 N–H and O–H groups in total. The molecule has 1 heterocycles. The molecule has 5 nitrogen and oxygen atoms in total. The number of amides is 2. The van der Waals surface area contributed by atoms with Gasteiger partial charge >= 0.3 is 0 Å². The summed E-state index contributed by atoms with van der Waals surface area (Å²) in [5, 5.41) is 8.76. The van der Waals surface area contributed by atoms with Crippen LogP contribution in [0.2, 0.25) is 0 Å². The minimum Gasteiger partial charge on any atom is -0.355 e. The number of benzene rings is 1. The second-order valence-electron chi connectivity index (χ2n) is 4.66. The van der Waals surface area contributed by atoms with Crippen molar-refractivity contribution in [1.29, 1.82) is 0 Å². The topological polar surface area (TPSA) is 70.2 Å². The van der Waals surface area contributed by atoms with Crippen molar-refractivity contribution in [3.63, 3.8) is 0 Å². The van der Waals surface area contributed by atoms with Crippen LogP contribution in [0.3, 0.4) is 0 Å². The third-order valence-corrected chi connectivity index (χ3v) is 3.29. The minimum absolute atomic E-state index is 0.139. The lowest BCUT2D eigenvalue weighted by molar-refractivity contribution is 0.0950. The van der Waals surface area contributed by atoms with E-state index < -0.39 is 0 Å². The third kappa shape index (κ3) is 3.54. The van der Waals surface area contributed by atoms with Crippen molar-refractivity contribution in [3.05, 3.63) is 35.4 Å². The SMILES string of the molecule is CNC(=O)c1cccc(C(=O)NCC2CCCN2)c1. The highest BCUT2D eigenvalue weighted by Crippen LogP contribution is 2.07. The van der Waals surface area contributed by atoms with Gasteiger partial charge in [0.25, 0.3) is 11.8 Å². The van der Waals surface area contributed by atoms with Crippen LogP contribution in [0, 0.1) is 0 Å². The van der Waals surface area contributed by atoms with E-state index in [0.29, 0.717) is 23.7 Å². The van der Waals surface area contributed by atoms with E-state index in [1.165, 1.54) is 0 Å². The second kappa shape index (κ2) is 6.33. The summed E-state index contributed by atoms with van der Waals surface area (Å²) in [7, 11) is 1.57. The van der Waals surface area contributed by atoms with E-state index in [0.717, 1.165) is 19.4 Å². The molecule has 0 spiro atoms. The number of hydrogen-bond acceptors (Lipinski definition) is 3. The van der Waals surface area contributed by atoms with E-state index in [-0.39, 0.29) is 11.8 Å². The molecule has 2 rings (SSSR count). The van der Waals surface area contributed by atoms with Gasteiger partial charge in [-0.3, -0.25) is 9.59 Å². The predicted octanol–water partition coefficient (Wildman–Crippen LogP) is 0.528. The van der Waals surface area contributed by atoms with Gasteiger partial charge in [0.1, 0.15) is 0 Å². The summed E-state index contributed by atoms with van der Waals surface area (Å²) in [5.74, 6) is -0.327. The molecule has 0 saturated carbocycles. The molecule has 19 heavy (non-hydrogen) atoms. The lowest BCUT2D eigenvalue weighted by Crippen LogP contribution is -2.37. The molecule has 1 aromatic carbocycles. The molecule has 2 amide bonds. The molecular weight excluding hydrogens is 242 g/mol. The van der Waals surface area contributed by atoms with Crippen LogP contribution in [0.5, 0.6) is 0 Å². The van der Waals surface area contributed by atoms with Crippen LogP contribution < -0.4 is 16.0 Å². The fourth-order valence-electron chi connectivity index (χ4n) is 2.19. The van der Waals surface area contributed by atoms with Crippen molar-refractivity contribution in [2.75, 3.05) is 20.1 Å². The van der Waals surface area contributed by atoms with Crippen molar-refractivity contribution in [1.82, 2.24) is 16.0 Å². The molecule has 1 unspecified atom stereocenters. The van der Waals surface area contributed by atoms with Gasteiger partial charge in [0.05, 0.1) is 0 Å². The Morgan fingerprint density at radius 1 is 1.32 bits per heavy atom. The molecule has 0 aliphatic carbocycles. The zero-order valence-corrected chi connectivity index (χ0v) is 11.0. The molecule has 0 radical (unpaired) electrons. The van der Waals surface area contributed by atoms with E-state index in [2.05, 4.69) is 16.0 Å². The third-order valence-electron chi connectivity index (χ3n) is 3.29. The fraction of sp³-hybridized carbons (Fsp3) is 0.429. The van der Waals surface area contributed by atoms with Gasteiger partial charge in [-0.1, -0.05) is 6.07 Å². The molecule has 1 aliphatic rings. The molecule has 102 valence electrons. The van der Waals surface area contributed by atoms with Gasteiger partial charge in [0, 0.05) is 30.8 Å². The average molecular weight is 261 g/mol. The maximum Gasteiger partial charge on any atom is 0.251 e. The van der Waals surface area contributed by atoms with Gasteiger partial charge < -0.3 is 16.0 Å². The lowest BCUT2D eigenvalue weighted by Gasteiger charge is -2.11. The monoisotopic (exact) mass is 261 g/mol. The van der Waals surface area contributed by atoms with E-state index in [4.69, 9.17) is 0 Å². The number of rotatable bonds is 4. The van der Waals surface area contributed by atoms with E-state index >= 15 is 0 Å². The Bertz CT molecular complexity index is 468. The average Bonchev–Trinajstić information content (AvgIpc) is 2.97. The van der Waals surface area contributed by atoms with Crippen molar-refractivity contribution in [2.45, 2.75) is 18.9 Å². The molecule has 1 aromatic rings. The smallest absolute Gasteiger partial charge is 0.251 e. The molecular formula is C14H19N3O2.